The Hall–Kier alpha value is -2.73. The number of hydrogen-bond acceptors (Lipinski definition) is 3. The Morgan fingerprint density at radius 2 is 1.69 bits per heavy atom. The number of nitrogens with one attached hydrogen (secondary N) is 2. The quantitative estimate of drug-likeness (QED) is 0.592. The number of hydrogen-bond donors (Lipinski definition) is 2. The van der Waals surface area contributed by atoms with Crippen LogP contribution in [0.2, 0.25) is 0 Å². The Kier molecular flexibility index (Phi) is 6.46. The van der Waals surface area contributed by atoms with Gasteiger partial charge < -0.3 is 10.2 Å². The molecule has 6 heteroatoms. The summed E-state index contributed by atoms with van der Waals surface area (Å²) in [4.78, 5) is 24.9. The number of para-hydroxylation sites is 1. The minimum atomic E-state index is -0.510. The van der Waals surface area contributed by atoms with Crippen LogP contribution in [-0.2, 0) is 4.79 Å². The average molecular weight is 356 g/mol. The first-order valence-corrected chi connectivity index (χ1v) is 8.85. The first kappa shape index (κ1) is 19.6. The van der Waals surface area contributed by atoms with Crippen molar-refractivity contribution in [2.24, 2.45) is 0 Å². The summed E-state index contributed by atoms with van der Waals surface area (Å²) in [7, 11) is 0. The molecule has 2 aromatic carbocycles. The van der Waals surface area contributed by atoms with Crippen LogP contribution in [-0.4, -0.2) is 23.9 Å². The van der Waals surface area contributed by atoms with Crippen LogP contribution in [0.5, 0.6) is 0 Å². The lowest BCUT2D eigenvalue weighted by atomic mass is 10.0. The summed E-state index contributed by atoms with van der Waals surface area (Å²) in [6.45, 7) is 9.41. The predicted octanol–water partition coefficient (Wildman–Crippen LogP) is 2.82. The van der Waals surface area contributed by atoms with Gasteiger partial charge in [-0.1, -0.05) is 30.3 Å². The molecule has 26 heavy (non-hydrogen) atoms. The highest BCUT2D eigenvalue weighted by Crippen LogP contribution is 2.23. The van der Waals surface area contributed by atoms with E-state index in [2.05, 4.69) is 5.32 Å². The lowest BCUT2D eigenvalue weighted by Crippen LogP contribution is -3.12. The fourth-order valence-electron chi connectivity index (χ4n) is 3.26. The van der Waals surface area contributed by atoms with Crippen molar-refractivity contribution in [1.82, 2.24) is 0 Å². The Balaban J connectivity index is 2.43. The number of carbonyl (C=O) groups excluding carboxylic acids is 1. The molecule has 0 bridgehead atoms. The van der Waals surface area contributed by atoms with Gasteiger partial charge in [0, 0.05) is 23.4 Å². The fourth-order valence-corrected chi connectivity index (χ4v) is 3.26. The van der Waals surface area contributed by atoms with E-state index in [1.165, 1.54) is 12.1 Å². The topological polar surface area (TPSA) is 76.7 Å². The number of anilines is 1. The van der Waals surface area contributed by atoms with Crippen molar-refractivity contribution in [2.45, 2.75) is 33.7 Å². The van der Waals surface area contributed by atoms with Gasteiger partial charge in [-0.3, -0.25) is 14.9 Å². The second kappa shape index (κ2) is 8.58. The van der Waals surface area contributed by atoms with Gasteiger partial charge in [0.05, 0.1) is 18.0 Å². The van der Waals surface area contributed by atoms with E-state index in [0.717, 1.165) is 34.8 Å². The minimum absolute atomic E-state index is 0.000992. The fraction of sp³-hybridized carbons (Fsp3) is 0.350. The molecule has 1 amide bonds. The summed E-state index contributed by atoms with van der Waals surface area (Å²) in [6, 6.07) is 11.7. The highest BCUT2D eigenvalue weighted by Gasteiger charge is 2.31. The van der Waals surface area contributed by atoms with Gasteiger partial charge in [-0.15, -0.1) is 0 Å². The van der Waals surface area contributed by atoms with Gasteiger partial charge in [0.2, 0.25) is 0 Å². The molecule has 0 aliphatic rings. The van der Waals surface area contributed by atoms with E-state index in [4.69, 9.17) is 0 Å². The van der Waals surface area contributed by atoms with Crippen LogP contribution in [0.3, 0.4) is 0 Å². The monoisotopic (exact) mass is 356 g/mol. The van der Waals surface area contributed by atoms with Gasteiger partial charge >= 0.3 is 0 Å². The number of rotatable bonds is 7. The van der Waals surface area contributed by atoms with Crippen LogP contribution >= 0.6 is 0 Å². The predicted molar refractivity (Wildman–Crippen MR) is 102 cm³/mol. The van der Waals surface area contributed by atoms with Gasteiger partial charge in [-0.05, 0) is 38.8 Å². The zero-order chi connectivity index (χ0) is 19.3. The number of nitro groups is 1. The van der Waals surface area contributed by atoms with E-state index in [-0.39, 0.29) is 11.6 Å². The lowest BCUT2D eigenvalue weighted by Gasteiger charge is -2.26. The van der Waals surface area contributed by atoms with E-state index in [0.29, 0.717) is 5.56 Å². The third kappa shape index (κ3) is 4.26. The van der Waals surface area contributed by atoms with Crippen LogP contribution in [0.1, 0.15) is 36.6 Å². The largest absolute Gasteiger partial charge is 0.321 e. The van der Waals surface area contributed by atoms with Crippen LogP contribution in [0.25, 0.3) is 0 Å². The minimum Gasteiger partial charge on any atom is -0.321 e. The molecule has 0 unspecified atom stereocenters. The van der Waals surface area contributed by atoms with Crippen molar-refractivity contribution in [3.8, 4) is 0 Å². The van der Waals surface area contributed by atoms with Gasteiger partial charge in [-0.2, -0.15) is 0 Å². The molecule has 1 atom stereocenters. The third-order valence-electron chi connectivity index (χ3n) is 4.72. The molecule has 0 spiro atoms. The average Bonchev–Trinajstić information content (AvgIpc) is 2.62. The number of non-ortho nitro benzene ring substituents is 1. The number of quaternary nitrogens is 1. The Morgan fingerprint density at radius 3 is 2.23 bits per heavy atom. The molecule has 0 radical (unpaired) electrons. The van der Waals surface area contributed by atoms with Crippen LogP contribution in [0, 0.1) is 24.0 Å². The van der Waals surface area contributed by atoms with E-state index in [9.17, 15) is 14.9 Å². The van der Waals surface area contributed by atoms with Gasteiger partial charge in [0.15, 0.2) is 6.04 Å². The number of nitrogens with zero attached hydrogens (tertiary/aromatic N) is 1. The maximum atomic E-state index is 13.2. The normalized spacial score (nSPS) is 12.0. The second-order valence-corrected chi connectivity index (χ2v) is 6.41. The smallest absolute Gasteiger partial charge is 0.287 e. The molecule has 0 heterocycles. The maximum absolute atomic E-state index is 13.2. The Labute approximate surface area is 154 Å². The molecular weight excluding hydrogens is 330 g/mol. The third-order valence-corrected chi connectivity index (χ3v) is 4.72. The van der Waals surface area contributed by atoms with Gasteiger partial charge in [0.25, 0.3) is 11.6 Å². The molecule has 0 saturated heterocycles. The summed E-state index contributed by atoms with van der Waals surface area (Å²) >= 11 is 0. The van der Waals surface area contributed by atoms with E-state index < -0.39 is 11.0 Å². The molecule has 0 aromatic heterocycles. The van der Waals surface area contributed by atoms with Crippen molar-refractivity contribution in [3.05, 3.63) is 69.3 Å². The zero-order valence-corrected chi connectivity index (χ0v) is 15.7. The number of amides is 1. The summed E-state index contributed by atoms with van der Waals surface area (Å²) in [5.41, 5.74) is 3.44. The Bertz CT molecular complexity index is 780. The molecule has 0 saturated carbocycles. The molecule has 0 fully saturated rings. The summed E-state index contributed by atoms with van der Waals surface area (Å²) in [5.74, 6) is -0.151. The second-order valence-electron chi connectivity index (χ2n) is 6.41. The number of nitro benzene ring substituents is 1. The first-order chi connectivity index (χ1) is 12.4. The molecule has 0 aliphatic carbocycles. The number of likely N-dealkylation sites (N-methyl/N-ethyl adjacent to an activating group) is 1. The Morgan fingerprint density at radius 1 is 1.12 bits per heavy atom. The van der Waals surface area contributed by atoms with Gasteiger partial charge in [0.1, 0.15) is 0 Å². The maximum Gasteiger partial charge on any atom is 0.287 e. The SMILES string of the molecule is CC[NH+](CC)[C@H](C(=O)Nc1c(C)cccc1C)c1cccc([N+](=O)[O-])c1. The van der Waals surface area contributed by atoms with Crippen molar-refractivity contribution in [3.63, 3.8) is 0 Å². The lowest BCUT2D eigenvalue weighted by molar-refractivity contribution is -0.918. The van der Waals surface area contributed by atoms with Crippen molar-refractivity contribution >= 4 is 17.3 Å². The molecule has 0 aliphatic heterocycles. The van der Waals surface area contributed by atoms with E-state index in [1.54, 1.807) is 12.1 Å². The molecule has 2 N–H and O–H groups in total. The molecule has 138 valence electrons. The standard InChI is InChI=1S/C20H25N3O3/c1-5-22(6-2)19(16-11-8-12-17(13-16)23(25)26)20(24)21-18-14(3)9-7-10-15(18)4/h7-13,19H,5-6H2,1-4H3,(H,21,24)/p+1/t19-/m0/s1. The zero-order valence-electron chi connectivity index (χ0n) is 15.7. The summed E-state index contributed by atoms with van der Waals surface area (Å²) < 4.78 is 0. The number of carbonyl (C=O) groups is 1. The summed E-state index contributed by atoms with van der Waals surface area (Å²) in [5, 5.41) is 14.2. The van der Waals surface area contributed by atoms with E-state index >= 15 is 0 Å². The summed E-state index contributed by atoms with van der Waals surface area (Å²) in [6.07, 6.45) is 0. The molecule has 2 aromatic rings. The molecule has 6 nitrogen and oxygen atoms in total. The number of benzene rings is 2. The molecular formula is C20H26N3O3+. The van der Waals surface area contributed by atoms with Crippen molar-refractivity contribution in [2.75, 3.05) is 18.4 Å². The van der Waals surface area contributed by atoms with Crippen LogP contribution in [0.4, 0.5) is 11.4 Å². The molecule has 2 rings (SSSR count). The highest BCUT2D eigenvalue weighted by molar-refractivity contribution is 5.96. The van der Waals surface area contributed by atoms with Gasteiger partial charge in [-0.25, -0.2) is 0 Å². The van der Waals surface area contributed by atoms with Crippen molar-refractivity contribution < 1.29 is 14.6 Å². The van der Waals surface area contributed by atoms with Crippen LogP contribution < -0.4 is 10.2 Å². The first-order valence-electron chi connectivity index (χ1n) is 8.85. The van der Waals surface area contributed by atoms with Crippen molar-refractivity contribution in [1.29, 1.82) is 0 Å². The number of aryl methyl sites for hydroxylation is 2. The van der Waals surface area contributed by atoms with Crippen LogP contribution in [0.15, 0.2) is 42.5 Å². The van der Waals surface area contributed by atoms with E-state index in [1.807, 2.05) is 45.9 Å². The highest BCUT2D eigenvalue weighted by atomic mass is 16.6.